The molecule has 0 aliphatic carbocycles. The van der Waals surface area contributed by atoms with Crippen molar-refractivity contribution in [3.05, 3.63) is 53.3 Å². The van der Waals surface area contributed by atoms with Gasteiger partial charge in [0.2, 0.25) is 5.91 Å². The van der Waals surface area contributed by atoms with Crippen molar-refractivity contribution in [1.29, 1.82) is 0 Å². The highest BCUT2D eigenvalue weighted by Crippen LogP contribution is 2.17. The van der Waals surface area contributed by atoms with Gasteiger partial charge in [0.1, 0.15) is 0 Å². The van der Waals surface area contributed by atoms with E-state index in [0.717, 1.165) is 38.0 Å². The first-order chi connectivity index (χ1) is 11.2. The van der Waals surface area contributed by atoms with Crippen molar-refractivity contribution in [2.75, 3.05) is 19.6 Å². The van der Waals surface area contributed by atoms with Crippen molar-refractivity contribution in [2.45, 2.75) is 25.8 Å². The molecule has 1 amide bonds. The Bertz CT molecular complexity index is 665. The number of aryl methyl sites for hydroxylation is 2. The Balaban J connectivity index is 1.36. The van der Waals surface area contributed by atoms with Gasteiger partial charge in [0.15, 0.2) is 0 Å². The van der Waals surface area contributed by atoms with E-state index in [9.17, 15) is 4.79 Å². The molecular weight excluding hydrogens is 288 g/mol. The van der Waals surface area contributed by atoms with E-state index in [1.807, 2.05) is 19.4 Å². The van der Waals surface area contributed by atoms with Gasteiger partial charge in [-0.25, -0.2) is 0 Å². The molecule has 1 aliphatic rings. The fraction of sp³-hybridized carbons (Fsp3) is 0.444. The third-order valence-electron chi connectivity index (χ3n) is 4.36. The lowest BCUT2D eigenvalue weighted by molar-refractivity contribution is -0.121. The smallest absolute Gasteiger partial charge is 0.220 e. The lowest BCUT2D eigenvalue weighted by Crippen LogP contribution is -2.37. The van der Waals surface area contributed by atoms with Crippen LogP contribution in [-0.4, -0.2) is 40.2 Å². The van der Waals surface area contributed by atoms with Crippen LogP contribution >= 0.6 is 0 Å². The summed E-state index contributed by atoms with van der Waals surface area (Å²) in [4.78, 5) is 14.3. The molecule has 0 spiro atoms. The molecule has 0 fully saturated rings. The summed E-state index contributed by atoms with van der Waals surface area (Å²) in [5, 5.41) is 7.14. The maximum atomic E-state index is 11.9. The Morgan fingerprint density at radius 1 is 1.30 bits per heavy atom. The van der Waals surface area contributed by atoms with Gasteiger partial charge in [-0.05, 0) is 29.5 Å². The number of benzene rings is 1. The fourth-order valence-corrected chi connectivity index (χ4v) is 3.05. The lowest BCUT2D eigenvalue weighted by Gasteiger charge is -2.28. The molecule has 1 N–H and O–H groups in total. The normalized spacial score (nSPS) is 14.5. The van der Waals surface area contributed by atoms with Crippen LogP contribution in [-0.2, 0) is 31.2 Å². The molecule has 5 nitrogen and oxygen atoms in total. The highest BCUT2D eigenvalue weighted by molar-refractivity contribution is 5.76. The van der Waals surface area contributed by atoms with Gasteiger partial charge in [0.25, 0.3) is 0 Å². The predicted octanol–water partition coefficient (Wildman–Crippen LogP) is 1.53. The van der Waals surface area contributed by atoms with Gasteiger partial charge < -0.3 is 5.32 Å². The average Bonchev–Trinajstić information content (AvgIpc) is 2.98. The lowest BCUT2D eigenvalue weighted by atomic mass is 10.00. The number of carbonyl (C=O) groups is 1. The first kappa shape index (κ1) is 15.7. The molecule has 2 aromatic rings. The maximum Gasteiger partial charge on any atom is 0.220 e. The quantitative estimate of drug-likeness (QED) is 0.880. The summed E-state index contributed by atoms with van der Waals surface area (Å²) in [6.07, 6.45) is 6.15. The summed E-state index contributed by atoms with van der Waals surface area (Å²) < 4.78 is 1.77. The van der Waals surface area contributed by atoms with E-state index in [0.29, 0.717) is 13.0 Å². The number of hydrogen-bond donors (Lipinski definition) is 1. The Labute approximate surface area is 137 Å². The first-order valence-electron chi connectivity index (χ1n) is 8.24. The zero-order chi connectivity index (χ0) is 16.1. The molecule has 1 aromatic heterocycles. The standard InChI is InChI=1S/C18H24N4O/c1-21-13-15(12-20-21)6-7-18(23)19-9-11-22-10-8-16-4-2-3-5-17(16)14-22/h2-5,12-13H,6-11,14H2,1H3,(H,19,23). The minimum absolute atomic E-state index is 0.117. The van der Waals surface area contributed by atoms with Crippen molar-refractivity contribution in [3.8, 4) is 0 Å². The summed E-state index contributed by atoms with van der Waals surface area (Å²) >= 11 is 0. The summed E-state index contributed by atoms with van der Waals surface area (Å²) in [6.45, 7) is 3.69. The number of aromatic nitrogens is 2. The second kappa shape index (κ2) is 7.42. The van der Waals surface area contributed by atoms with Gasteiger partial charge in [-0.1, -0.05) is 24.3 Å². The summed E-state index contributed by atoms with van der Waals surface area (Å²) in [5.41, 5.74) is 3.99. The van der Waals surface area contributed by atoms with Crippen molar-refractivity contribution in [2.24, 2.45) is 7.05 Å². The summed E-state index contributed by atoms with van der Waals surface area (Å²) in [5.74, 6) is 0.117. The van der Waals surface area contributed by atoms with Crippen molar-refractivity contribution >= 4 is 5.91 Å². The minimum Gasteiger partial charge on any atom is -0.355 e. The number of nitrogens with one attached hydrogen (secondary N) is 1. The molecule has 0 saturated heterocycles. The van der Waals surface area contributed by atoms with E-state index >= 15 is 0 Å². The second-order valence-electron chi connectivity index (χ2n) is 6.17. The third-order valence-corrected chi connectivity index (χ3v) is 4.36. The van der Waals surface area contributed by atoms with Crippen molar-refractivity contribution in [3.63, 3.8) is 0 Å². The highest BCUT2D eigenvalue weighted by Gasteiger charge is 2.15. The van der Waals surface area contributed by atoms with Crippen LogP contribution in [0.3, 0.4) is 0 Å². The minimum atomic E-state index is 0.117. The molecule has 2 heterocycles. The molecule has 0 unspecified atom stereocenters. The van der Waals surface area contributed by atoms with Gasteiger partial charge in [0, 0.05) is 45.8 Å². The van der Waals surface area contributed by atoms with Gasteiger partial charge in [-0.2, -0.15) is 5.10 Å². The van der Waals surface area contributed by atoms with Crippen LogP contribution in [0.1, 0.15) is 23.1 Å². The molecule has 0 atom stereocenters. The number of fused-ring (bicyclic) bond motifs is 1. The largest absolute Gasteiger partial charge is 0.355 e. The average molecular weight is 312 g/mol. The van der Waals surface area contributed by atoms with Crippen molar-refractivity contribution < 1.29 is 4.79 Å². The van der Waals surface area contributed by atoms with Gasteiger partial charge in [0.05, 0.1) is 6.20 Å². The van der Waals surface area contributed by atoms with E-state index in [1.54, 1.807) is 4.68 Å². The van der Waals surface area contributed by atoms with Gasteiger partial charge >= 0.3 is 0 Å². The SMILES string of the molecule is Cn1cc(CCC(=O)NCCN2CCc3ccccc3C2)cn1. The molecule has 122 valence electrons. The molecular formula is C18H24N4O. The first-order valence-corrected chi connectivity index (χ1v) is 8.24. The van der Waals surface area contributed by atoms with Crippen LogP contribution < -0.4 is 5.32 Å². The molecule has 23 heavy (non-hydrogen) atoms. The molecule has 5 heteroatoms. The molecule has 0 bridgehead atoms. The molecule has 0 radical (unpaired) electrons. The third kappa shape index (κ3) is 4.42. The second-order valence-corrected chi connectivity index (χ2v) is 6.17. The maximum absolute atomic E-state index is 11.9. The fourth-order valence-electron chi connectivity index (χ4n) is 3.05. The molecule has 1 aromatic carbocycles. The Morgan fingerprint density at radius 3 is 2.91 bits per heavy atom. The molecule has 0 saturated carbocycles. The van der Waals surface area contributed by atoms with Crippen LogP contribution in [0.15, 0.2) is 36.7 Å². The number of carbonyl (C=O) groups excluding carboxylic acids is 1. The van der Waals surface area contributed by atoms with Gasteiger partial charge in [-0.15, -0.1) is 0 Å². The number of rotatable bonds is 6. The topological polar surface area (TPSA) is 50.2 Å². The van der Waals surface area contributed by atoms with E-state index in [1.165, 1.54) is 11.1 Å². The van der Waals surface area contributed by atoms with E-state index < -0.39 is 0 Å². The summed E-state index contributed by atoms with van der Waals surface area (Å²) in [7, 11) is 1.89. The zero-order valence-electron chi connectivity index (χ0n) is 13.7. The van der Waals surface area contributed by atoms with Crippen LogP contribution in [0.5, 0.6) is 0 Å². The van der Waals surface area contributed by atoms with E-state index in [2.05, 4.69) is 39.6 Å². The van der Waals surface area contributed by atoms with Crippen LogP contribution in [0.25, 0.3) is 0 Å². The van der Waals surface area contributed by atoms with Gasteiger partial charge in [-0.3, -0.25) is 14.4 Å². The predicted molar refractivity (Wildman–Crippen MR) is 90.0 cm³/mol. The van der Waals surface area contributed by atoms with Crippen LogP contribution in [0.4, 0.5) is 0 Å². The van der Waals surface area contributed by atoms with Crippen molar-refractivity contribution in [1.82, 2.24) is 20.0 Å². The highest BCUT2D eigenvalue weighted by atomic mass is 16.1. The van der Waals surface area contributed by atoms with Crippen LogP contribution in [0, 0.1) is 0 Å². The van der Waals surface area contributed by atoms with E-state index in [-0.39, 0.29) is 5.91 Å². The Morgan fingerprint density at radius 2 is 2.13 bits per heavy atom. The Hall–Kier alpha value is -2.14. The monoisotopic (exact) mass is 312 g/mol. The summed E-state index contributed by atoms with van der Waals surface area (Å²) in [6, 6.07) is 8.63. The Kier molecular flexibility index (Phi) is 5.08. The van der Waals surface area contributed by atoms with E-state index in [4.69, 9.17) is 0 Å². The zero-order valence-corrected chi connectivity index (χ0v) is 13.7. The number of nitrogens with zero attached hydrogens (tertiary/aromatic N) is 3. The number of hydrogen-bond acceptors (Lipinski definition) is 3. The molecule has 1 aliphatic heterocycles. The number of amides is 1. The van der Waals surface area contributed by atoms with Crippen LogP contribution in [0.2, 0.25) is 0 Å². The molecule has 3 rings (SSSR count).